The molecule has 43 heavy (non-hydrogen) atoms. The summed E-state index contributed by atoms with van der Waals surface area (Å²) in [6.45, 7) is 3.86. The zero-order valence-corrected chi connectivity index (χ0v) is 24.7. The van der Waals surface area contributed by atoms with Gasteiger partial charge in [0.25, 0.3) is 5.91 Å². The van der Waals surface area contributed by atoms with E-state index in [-0.39, 0.29) is 5.91 Å². The number of hydrogen-bond acceptors (Lipinski definition) is 7. The fraction of sp³-hybridized carbons (Fsp3) is 0.171. The average Bonchev–Trinajstić information content (AvgIpc) is 3.06. The highest BCUT2D eigenvalue weighted by Crippen LogP contribution is 2.41. The number of carbonyl (C=O) groups excluding carboxylic acids is 1. The summed E-state index contributed by atoms with van der Waals surface area (Å²) in [5.41, 5.74) is 8.36. The minimum atomic E-state index is -0.347. The van der Waals surface area contributed by atoms with Gasteiger partial charge in [-0.1, -0.05) is 60.7 Å². The van der Waals surface area contributed by atoms with Gasteiger partial charge < -0.3 is 19.1 Å². The van der Waals surface area contributed by atoms with Crippen LogP contribution in [0.4, 0.5) is 5.69 Å². The van der Waals surface area contributed by atoms with Crippen LogP contribution in [0.25, 0.3) is 22.2 Å². The zero-order chi connectivity index (χ0) is 30.2. The summed E-state index contributed by atoms with van der Waals surface area (Å²) >= 11 is 0. The van der Waals surface area contributed by atoms with Crippen molar-refractivity contribution in [2.45, 2.75) is 13.5 Å². The number of ether oxygens (including phenoxy) is 3. The fourth-order valence-corrected chi connectivity index (χ4v) is 4.93. The van der Waals surface area contributed by atoms with Crippen molar-refractivity contribution in [2.75, 3.05) is 32.8 Å². The van der Waals surface area contributed by atoms with Gasteiger partial charge in [-0.25, -0.2) is 10.4 Å². The highest BCUT2D eigenvalue weighted by molar-refractivity contribution is 6.07. The predicted molar refractivity (Wildman–Crippen MR) is 172 cm³/mol. The third kappa shape index (κ3) is 6.59. The van der Waals surface area contributed by atoms with Crippen LogP contribution in [-0.2, 0) is 6.54 Å². The van der Waals surface area contributed by atoms with Crippen LogP contribution >= 0.6 is 0 Å². The quantitative estimate of drug-likeness (QED) is 0.139. The summed E-state index contributed by atoms with van der Waals surface area (Å²) in [6, 6.07) is 31.4. The van der Waals surface area contributed by atoms with Crippen molar-refractivity contribution >= 4 is 28.7 Å². The Kier molecular flexibility index (Phi) is 9.17. The molecule has 0 aliphatic heterocycles. The Morgan fingerprint density at radius 2 is 1.53 bits per heavy atom. The average molecular weight is 575 g/mol. The molecule has 0 aliphatic carbocycles. The predicted octanol–water partition coefficient (Wildman–Crippen LogP) is 6.72. The third-order valence-electron chi connectivity index (χ3n) is 7.16. The van der Waals surface area contributed by atoms with Gasteiger partial charge in [-0.3, -0.25) is 4.79 Å². The molecular weight excluding hydrogens is 540 g/mol. The van der Waals surface area contributed by atoms with E-state index in [4.69, 9.17) is 19.2 Å². The van der Waals surface area contributed by atoms with Crippen LogP contribution in [0, 0.1) is 0 Å². The molecule has 0 bridgehead atoms. The smallest absolute Gasteiger partial charge is 0.272 e. The van der Waals surface area contributed by atoms with Crippen LogP contribution in [0.2, 0.25) is 0 Å². The number of anilines is 1. The molecule has 5 aromatic rings. The molecule has 1 aromatic heterocycles. The van der Waals surface area contributed by atoms with Crippen molar-refractivity contribution in [1.82, 2.24) is 10.4 Å². The van der Waals surface area contributed by atoms with Crippen LogP contribution in [0.3, 0.4) is 0 Å². The largest absolute Gasteiger partial charge is 0.493 e. The molecule has 5 rings (SSSR count). The zero-order valence-electron chi connectivity index (χ0n) is 24.7. The summed E-state index contributed by atoms with van der Waals surface area (Å²) in [5, 5.41) is 4.97. The number of rotatable bonds is 11. The van der Waals surface area contributed by atoms with Crippen molar-refractivity contribution in [1.29, 1.82) is 0 Å². The summed E-state index contributed by atoms with van der Waals surface area (Å²) in [6.07, 6.45) is 1.64. The second kappa shape index (κ2) is 13.5. The number of nitrogens with one attached hydrogen (secondary N) is 1. The normalized spacial score (nSPS) is 11.0. The molecule has 0 saturated carbocycles. The van der Waals surface area contributed by atoms with E-state index in [1.54, 1.807) is 33.6 Å². The van der Waals surface area contributed by atoms with Crippen LogP contribution in [-0.4, -0.2) is 45.0 Å². The lowest BCUT2D eigenvalue weighted by atomic mass is 10.0. The van der Waals surface area contributed by atoms with Crippen molar-refractivity contribution in [3.05, 3.63) is 114 Å². The topological polar surface area (TPSA) is 85.3 Å². The van der Waals surface area contributed by atoms with Gasteiger partial charge in [0.2, 0.25) is 5.75 Å². The lowest BCUT2D eigenvalue weighted by Gasteiger charge is -2.23. The van der Waals surface area contributed by atoms with Crippen molar-refractivity contribution in [2.24, 2.45) is 5.10 Å². The molecule has 218 valence electrons. The van der Waals surface area contributed by atoms with E-state index in [0.717, 1.165) is 24.3 Å². The Morgan fingerprint density at radius 3 is 2.19 bits per heavy atom. The van der Waals surface area contributed by atoms with E-state index in [9.17, 15) is 4.79 Å². The first kappa shape index (κ1) is 29.1. The van der Waals surface area contributed by atoms with Gasteiger partial charge in [0.05, 0.1) is 44.3 Å². The number of pyridine rings is 1. The molecule has 8 heteroatoms. The molecule has 1 amide bonds. The Labute approximate surface area is 251 Å². The molecule has 0 atom stereocenters. The van der Waals surface area contributed by atoms with Crippen LogP contribution in [0.15, 0.2) is 102 Å². The fourth-order valence-electron chi connectivity index (χ4n) is 4.93. The van der Waals surface area contributed by atoms with Crippen molar-refractivity contribution < 1.29 is 19.0 Å². The maximum atomic E-state index is 13.4. The molecule has 4 aromatic carbocycles. The molecule has 0 aliphatic rings. The van der Waals surface area contributed by atoms with Gasteiger partial charge in [0.1, 0.15) is 0 Å². The first-order valence-corrected chi connectivity index (χ1v) is 14.0. The minimum Gasteiger partial charge on any atom is -0.493 e. The molecule has 1 heterocycles. The van der Waals surface area contributed by atoms with Gasteiger partial charge in [0, 0.05) is 29.7 Å². The number of amides is 1. The maximum absolute atomic E-state index is 13.4. The van der Waals surface area contributed by atoms with E-state index in [1.165, 1.54) is 5.56 Å². The SMILES string of the molecule is CCN(Cc1ccccc1)c1ccc(C=NNC(=O)c2cc(-c3cc(OC)c(OC)c(OC)c3)nc3ccccc23)cc1. The highest BCUT2D eigenvalue weighted by Gasteiger charge is 2.18. The molecule has 0 unspecified atom stereocenters. The van der Waals surface area contributed by atoms with Crippen molar-refractivity contribution in [3.63, 3.8) is 0 Å². The van der Waals surface area contributed by atoms with Crippen LogP contribution in [0.5, 0.6) is 17.2 Å². The Bertz CT molecular complexity index is 1710. The van der Waals surface area contributed by atoms with Gasteiger partial charge in [-0.15, -0.1) is 0 Å². The number of hydrazone groups is 1. The molecule has 8 nitrogen and oxygen atoms in total. The van der Waals surface area contributed by atoms with E-state index in [2.05, 4.69) is 58.7 Å². The van der Waals surface area contributed by atoms with Crippen LogP contribution in [0.1, 0.15) is 28.4 Å². The molecule has 0 saturated heterocycles. The monoisotopic (exact) mass is 574 g/mol. The minimum absolute atomic E-state index is 0.347. The lowest BCUT2D eigenvalue weighted by molar-refractivity contribution is 0.0956. The van der Waals surface area contributed by atoms with Crippen molar-refractivity contribution in [3.8, 4) is 28.5 Å². The molecule has 0 fully saturated rings. The first-order chi connectivity index (χ1) is 21.0. The second-order valence-electron chi connectivity index (χ2n) is 9.78. The molecule has 0 radical (unpaired) electrons. The van der Waals surface area contributed by atoms with Gasteiger partial charge in [-0.05, 0) is 54.4 Å². The Morgan fingerprint density at radius 1 is 0.860 bits per heavy atom. The van der Waals surface area contributed by atoms with Crippen LogP contribution < -0.4 is 24.5 Å². The van der Waals surface area contributed by atoms with Gasteiger partial charge in [-0.2, -0.15) is 5.10 Å². The van der Waals surface area contributed by atoms with E-state index < -0.39 is 0 Å². The highest BCUT2D eigenvalue weighted by atomic mass is 16.5. The third-order valence-corrected chi connectivity index (χ3v) is 7.16. The Balaban J connectivity index is 1.36. The van der Waals surface area contributed by atoms with Gasteiger partial charge >= 0.3 is 0 Å². The second-order valence-corrected chi connectivity index (χ2v) is 9.78. The number of para-hydroxylation sites is 1. The number of nitrogens with zero attached hydrogens (tertiary/aromatic N) is 3. The standard InChI is InChI=1S/C35H34N4O4/c1-5-39(23-25-11-7-6-8-12-25)27-17-15-24(16-18-27)22-36-38-35(40)29-21-31(37-30-14-10-9-13-28(29)30)26-19-32(41-2)34(43-4)33(20-26)42-3/h6-22H,5,23H2,1-4H3,(H,38,40). The molecular formula is C35H34N4O4. The van der Waals surface area contributed by atoms with E-state index >= 15 is 0 Å². The number of aromatic nitrogens is 1. The van der Waals surface area contributed by atoms with E-state index in [0.29, 0.717) is 45.0 Å². The lowest BCUT2D eigenvalue weighted by Crippen LogP contribution is -2.21. The molecule has 0 spiro atoms. The van der Waals surface area contributed by atoms with Gasteiger partial charge in [0.15, 0.2) is 11.5 Å². The number of methoxy groups -OCH3 is 3. The number of carbonyl (C=O) groups is 1. The summed E-state index contributed by atoms with van der Waals surface area (Å²) < 4.78 is 16.5. The molecule has 1 N–H and O–H groups in total. The van der Waals surface area contributed by atoms with E-state index in [1.807, 2.05) is 54.6 Å². The number of fused-ring (bicyclic) bond motifs is 1. The first-order valence-electron chi connectivity index (χ1n) is 14.0. The number of hydrogen-bond donors (Lipinski definition) is 1. The summed E-state index contributed by atoms with van der Waals surface area (Å²) in [5.74, 6) is 1.12. The maximum Gasteiger partial charge on any atom is 0.272 e. The number of benzene rings is 4. The summed E-state index contributed by atoms with van der Waals surface area (Å²) in [4.78, 5) is 20.5. The summed E-state index contributed by atoms with van der Waals surface area (Å²) in [7, 11) is 4.67. The Hall–Kier alpha value is -5.37.